The van der Waals surface area contributed by atoms with E-state index < -0.39 is 29.1 Å². The molecule has 3 nitrogen and oxygen atoms in total. The lowest BCUT2D eigenvalue weighted by Crippen LogP contribution is -2.30. The smallest absolute Gasteiger partial charge is 0.257 e. The van der Waals surface area contributed by atoms with Crippen LogP contribution in [0.5, 0.6) is 0 Å². The van der Waals surface area contributed by atoms with E-state index in [0.717, 1.165) is 36.1 Å². The van der Waals surface area contributed by atoms with Gasteiger partial charge in [-0.1, -0.05) is 62.9 Å². The molecule has 2 rings (SSSR count). The Morgan fingerprint density at radius 3 is 2.39 bits per heavy atom. The molecule has 2 aromatic rings. The van der Waals surface area contributed by atoms with Gasteiger partial charge in [-0.3, -0.25) is 4.79 Å². The van der Waals surface area contributed by atoms with Crippen molar-refractivity contribution in [2.24, 2.45) is 0 Å². The topological polar surface area (TPSA) is 49.3 Å². The van der Waals surface area contributed by atoms with E-state index in [9.17, 15) is 18.7 Å². The minimum absolute atomic E-state index is 0.147. The van der Waals surface area contributed by atoms with Crippen LogP contribution in [0.15, 0.2) is 42.5 Å². The fourth-order valence-corrected chi connectivity index (χ4v) is 3.29. The molecule has 0 aliphatic rings. The Hall–Kier alpha value is -2.27. The molecule has 152 valence electrons. The fraction of sp³-hybridized carbons (Fsp3) is 0.435. The van der Waals surface area contributed by atoms with Gasteiger partial charge in [0.25, 0.3) is 5.91 Å². The second kappa shape index (κ2) is 11.5. The highest BCUT2D eigenvalue weighted by atomic mass is 19.1. The number of benzene rings is 2. The molecule has 1 atom stereocenters. The number of amides is 1. The first-order valence-electron chi connectivity index (χ1n) is 10.0. The number of nitrogens with one attached hydrogen (secondary N) is 1. The summed E-state index contributed by atoms with van der Waals surface area (Å²) in [5.41, 5.74) is 1.38. The van der Waals surface area contributed by atoms with Gasteiger partial charge in [-0.2, -0.15) is 0 Å². The largest absolute Gasteiger partial charge is 0.396 e. The van der Waals surface area contributed by atoms with E-state index in [-0.39, 0.29) is 13.0 Å². The van der Waals surface area contributed by atoms with Crippen LogP contribution in [-0.2, 0) is 6.42 Å². The maximum absolute atomic E-state index is 13.9. The Morgan fingerprint density at radius 1 is 1.04 bits per heavy atom. The van der Waals surface area contributed by atoms with Crippen LogP contribution in [0.1, 0.15) is 73.0 Å². The summed E-state index contributed by atoms with van der Waals surface area (Å²) in [7, 11) is 0. The molecule has 0 radical (unpaired) electrons. The zero-order chi connectivity index (χ0) is 20.4. The highest BCUT2D eigenvalue weighted by Crippen LogP contribution is 2.21. The highest BCUT2D eigenvalue weighted by molar-refractivity contribution is 5.95. The zero-order valence-corrected chi connectivity index (χ0v) is 16.4. The van der Waals surface area contributed by atoms with Crippen LogP contribution in [0, 0.1) is 11.6 Å². The maximum atomic E-state index is 13.9. The molecule has 0 aliphatic heterocycles. The first kappa shape index (κ1) is 22.0. The average Bonchev–Trinajstić information content (AvgIpc) is 2.67. The van der Waals surface area contributed by atoms with Crippen molar-refractivity contribution in [3.8, 4) is 0 Å². The summed E-state index contributed by atoms with van der Waals surface area (Å²) in [5.74, 6) is -2.62. The van der Waals surface area contributed by atoms with Crippen LogP contribution >= 0.6 is 0 Å². The molecule has 2 N–H and O–H groups in total. The molecule has 0 aromatic heterocycles. The standard InChI is InChI=1S/C23H29F2NO2/c1-2-3-4-5-6-9-17-10-7-11-18(16-17)21(14-15-27)26-23(28)22-19(24)12-8-13-20(22)25/h7-8,10-13,16,21,27H,2-6,9,14-15H2,1H3,(H,26,28). The lowest BCUT2D eigenvalue weighted by molar-refractivity contribution is 0.0921. The molecule has 1 unspecified atom stereocenters. The molecule has 0 saturated heterocycles. The summed E-state index contributed by atoms with van der Waals surface area (Å²) in [6.07, 6.45) is 7.18. The summed E-state index contributed by atoms with van der Waals surface area (Å²) < 4.78 is 27.8. The number of aliphatic hydroxyl groups excluding tert-OH is 1. The van der Waals surface area contributed by atoms with Gasteiger partial charge in [-0.25, -0.2) is 8.78 Å². The van der Waals surface area contributed by atoms with E-state index >= 15 is 0 Å². The van der Waals surface area contributed by atoms with Gasteiger partial charge in [0.15, 0.2) is 0 Å². The van der Waals surface area contributed by atoms with E-state index in [1.54, 1.807) is 0 Å². The first-order chi connectivity index (χ1) is 13.6. The molecule has 0 aliphatic carbocycles. The average molecular weight is 389 g/mol. The number of unbranched alkanes of at least 4 members (excludes halogenated alkanes) is 4. The number of aliphatic hydroxyl groups is 1. The van der Waals surface area contributed by atoms with Gasteiger partial charge in [0.05, 0.1) is 6.04 Å². The second-order valence-corrected chi connectivity index (χ2v) is 7.04. The molecule has 0 bridgehead atoms. The number of carbonyl (C=O) groups excluding carboxylic acids is 1. The van der Waals surface area contributed by atoms with Crippen LogP contribution in [0.3, 0.4) is 0 Å². The van der Waals surface area contributed by atoms with Crippen LogP contribution in [0.4, 0.5) is 8.78 Å². The lowest BCUT2D eigenvalue weighted by Gasteiger charge is -2.19. The molecular weight excluding hydrogens is 360 g/mol. The molecule has 5 heteroatoms. The molecule has 28 heavy (non-hydrogen) atoms. The van der Waals surface area contributed by atoms with Crippen LogP contribution in [-0.4, -0.2) is 17.6 Å². The number of halogens is 2. The Bertz CT molecular complexity index is 744. The van der Waals surface area contributed by atoms with Gasteiger partial charge in [0, 0.05) is 6.61 Å². The summed E-state index contributed by atoms with van der Waals surface area (Å²) >= 11 is 0. The number of aryl methyl sites for hydroxylation is 1. The lowest BCUT2D eigenvalue weighted by atomic mass is 9.98. The van der Waals surface area contributed by atoms with E-state index in [4.69, 9.17) is 0 Å². The molecule has 2 aromatic carbocycles. The zero-order valence-electron chi connectivity index (χ0n) is 16.4. The fourth-order valence-electron chi connectivity index (χ4n) is 3.29. The highest BCUT2D eigenvalue weighted by Gasteiger charge is 2.21. The minimum Gasteiger partial charge on any atom is -0.396 e. The third-order valence-electron chi connectivity index (χ3n) is 4.84. The van der Waals surface area contributed by atoms with Gasteiger partial charge in [0.2, 0.25) is 0 Å². The van der Waals surface area contributed by atoms with Crippen molar-refractivity contribution in [3.05, 3.63) is 70.8 Å². The van der Waals surface area contributed by atoms with Crippen molar-refractivity contribution in [1.29, 1.82) is 0 Å². The van der Waals surface area contributed by atoms with Gasteiger partial charge in [-0.05, 0) is 42.5 Å². The SMILES string of the molecule is CCCCCCCc1cccc(C(CCO)NC(=O)c2c(F)cccc2F)c1. The number of rotatable bonds is 11. The van der Waals surface area contributed by atoms with Gasteiger partial charge >= 0.3 is 0 Å². The second-order valence-electron chi connectivity index (χ2n) is 7.04. The quantitative estimate of drug-likeness (QED) is 0.510. The third-order valence-corrected chi connectivity index (χ3v) is 4.84. The van der Waals surface area contributed by atoms with E-state index in [1.807, 2.05) is 24.3 Å². The summed E-state index contributed by atoms with van der Waals surface area (Å²) in [6.45, 7) is 2.04. The number of hydrogen-bond acceptors (Lipinski definition) is 2. The van der Waals surface area contributed by atoms with Crippen molar-refractivity contribution in [2.45, 2.75) is 57.9 Å². The third kappa shape index (κ3) is 6.41. The Morgan fingerprint density at radius 2 is 1.71 bits per heavy atom. The summed E-state index contributed by atoms with van der Waals surface area (Å²) in [5, 5.41) is 12.0. The molecule has 0 saturated carbocycles. The normalized spacial score (nSPS) is 12.0. The molecule has 0 spiro atoms. The van der Waals surface area contributed by atoms with Crippen molar-refractivity contribution in [3.63, 3.8) is 0 Å². The van der Waals surface area contributed by atoms with E-state index in [2.05, 4.69) is 12.2 Å². The predicted octanol–water partition coefficient (Wildman–Crippen LogP) is 5.33. The predicted molar refractivity (Wildman–Crippen MR) is 107 cm³/mol. The number of hydrogen-bond donors (Lipinski definition) is 2. The van der Waals surface area contributed by atoms with Gasteiger partial charge in [0.1, 0.15) is 17.2 Å². The minimum atomic E-state index is -0.902. The van der Waals surface area contributed by atoms with Crippen molar-refractivity contribution >= 4 is 5.91 Å². The first-order valence-corrected chi connectivity index (χ1v) is 10.0. The Kier molecular flexibility index (Phi) is 9.08. The molecule has 1 amide bonds. The van der Waals surface area contributed by atoms with Gasteiger partial charge in [-0.15, -0.1) is 0 Å². The maximum Gasteiger partial charge on any atom is 0.257 e. The monoisotopic (exact) mass is 389 g/mol. The molecule has 0 fully saturated rings. The Labute approximate surface area is 165 Å². The van der Waals surface area contributed by atoms with Gasteiger partial charge < -0.3 is 10.4 Å². The number of carbonyl (C=O) groups is 1. The van der Waals surface area contributed by atoms with Crippen molar-refractivity contribution in [2.75, 3.05) is 6.61 Å². The van der Waals surface area contributed by atoms with E-state index in [1.165, 1.54) is 31.7 Å². The van der Waals surface area contributed by atoms with Crippen molar-refractivity contribution in [1.82, 2.24) is 5.32 Å². The van der Waals surface area contributed by atoms with Crippen LogP contribution < -0.4 is 5.32 Å². The Balaban J connectivity index is 2.08. The summed E-state index contributed by atoms with van der Waals surface area (Å²) in [4.78, 5) is 12.4. The summed E-state index contributed by atoms with van der Waals surface area (Å²) in [6, 6.07) is 10.6. The van der Waals surface area contributed by atoms with E-state index in [0.29, 0.717) is 0 Å². The van der Waals surface area contributed by atoms with Crippen LogP contribution in [0.2, 0.25) is 0 Å². The molecular formula is C23H29F2NO2. The molecule has 0 heterocycles. The van der Waals surface area contributed by atoms with Crippen LogP contribution in [0.25, 0.3) is 0 Å². The van der Waals surface area contributed by atoms with Crippen molar-refractivity contribution < 1.29 is 18.7 Å².